The number of rotatable bonds is 7. The molecule has 0 saturated carbocycles. The number of oxazole rings is 1. The van der Waals surface area contributed by atoms with Gasteiger partial charge in [0, 0.05) is 52.4 Å². The summed E-state index contributed by atoms with van der Waals surface area (Å²) in [6.45, 7) is 8.65. The van der Waals surface area contributed by atoms with Gasteiger partial charge in [-0.3, -0.25) is 4.90 Å². The summed E-state index contributed by atoms with van der Waals surface area (Å²) in [5.41, 5.74) is 3.09. The monoisotopic (exact) mass is 461 g/mol. The molecule has 2 aliphatic heterocycles. The number of carbonyl (C=O) groups excluding carboxylic acids is 1. The summed E-state index contributed by atoms with van der Waals surface area (Å²) in [7, 11) is 0. The second-order valence-corrected chi connectivity index (χ2v) is 9.49. The number of carbonyl (C=O) groups is 1. The van der Waals surface area contributed by atoms with E-state index in [0.29, 0.717) is 13.1 Å². The van der Waals surface area contributed by atoms with Crippen molar-refractivity contribution < 1.29 is 9.21 Å². The lowest BCUT2D eigenvalue weighted by Crippen LogP contribution is -2.47. The van der Waals surface area contributed by atoms with E-state index in [-0.39, 0.29) is 11.9 Å². The number of hydrogen-bond acceptors (Lipinski definition) is 5. The Hall–Kier alpha value is -2.90. The van der Waals surface area contributed by atoms with Crippen LogP contribution < -0.4 is 5.32 Å². The molecule has 0 aliphatic carbocycles. The van der Waals surface area contributed by atoms with Crippen LogP contribution in [-0.4, -0.2) is 78.1 Å². The Bertz CT molecular complexity index is 1030. The van der Waals surface area contributed by atoms with Gasteiger partial charge >= 0.3 is 6.03 Å². The third-order valence-corrected chi connectivity index (χ3v) is 7.01. The number of nitrogens with one attached hydrogen (secondary N) is 1. The zero-order chi connectivity index (χ0) is 23.2. The lowest BCUT2D eigenvalue weighted by Gasteiger charge is -2.35. The number of piperidine rings is 1. The maximum atomic E-state index is 12.8. The van der Waals surface area contributed by atoms with Gasteiger partial charge in [-0.2, -0.15) is 0 Å². The maximum Gasteiger partial charge on any atom is 0.317 e. The van der Waals surface area contributed by atoms with Crippen molar-refractivity contribution in [2.24, 2.45) is 0 Å². The lowest BCUT2D eigenvalue weighted by molar-refractivity contribution is 0.126. The topological polar surface area (TPSA) is 64.9 Å². The average molecular weight is 462 g/mol. The van der Waals surface area contributed by atoms with Crippen molar-refractivity contribution in [2.45, 2.75) is 31.7 Å². The molecule has 2 fully saturated rings. The molecule has 2 aliphatic rings. The van der Waals surface area contributed by atoms with E-state index < -0.39 is 0 Å². The van der Waals surface area contributed by atoms with Crippen LogP contribution in [0.1, 0.15) is 36.6 Å². The molecule has 0 radical (unpaired) electrons. The highest BCUT2D eigenvalue weighted by Gasteiger charge is 2.28. The Morgan fingerprint density at radius 3 is 2.56 bits per heavy atom. The minimum atomic E-state index is 0.0356. The maximum absolute atomic E-state index is 12.8. The van der Waals surface area contributed by atoms with E-state index in [9.17, 15) is 4.79 Å². The number of likely N-dealkylation sites (tertiary alicyclic amines) is 1. The first-order valence-corrected chi connectivity index (χ1v) is 12.6. The number of amides is 2. The summed E-state index contributed by atoms with van der Waals surface area (Å²) in [6.07, 6.45) is 2.96. The van der Waals surface area contributed by atoms with Gasteiger partial charge in [-0.25, -0.2) is 9.78 Å². The number of fused-ring (bicyclic) bond motifs is 1. The van der Waals surface area contributed by atoms with Gasteiger partial charge in [0.15, 0.2) is 11.5 Å². The number of hydrogen-bond donors (Lipinski definition) is 1. The molecule has 1 atom stereocenters. The predicted octanol–water partition coefficient (Wildman–Crippen LogP) is 3.92. The number of nitrogens with zero attached hydrogens (tertiary/aromatic N) is 4. The smallest absolute Gasteiger partial charge is 0.317 e. The molecule has 1 aromatic heterocycles. The highest BCUT2D eigenvalue weighted by Crippen LogP contribution is 2.28. The van der Waals surface area contributed by atoms with Crippen molar-refractivity contribution in [2.75, 3.05) is 52.4 Å². The molecule has 180 valence electrons. The van der Waals surface area contributed by atoms with Gasteiger partial charge in [0.05, 0.1) is 5.92 Å². The van der Waals surface area contributed by atoms with Crippen LogP contribution in [-0.2, 0) is 6.54 Å². The van der Waals surface area contributed by atoms with Crippen LogP contribution in [0.4, 0.5) is 4.79 Å². The van der Waals surface area contributed by atoms with Crippen LogP contribution in [0.15, 0.2) is 59.0 Å². The van der Waals surface area contributed by atoms with Gasteiger partial charge in [-0.15, -0.1) is 0 Å². The zero-order valence-corrected chi connectivity index (χ0v) is 19.9. The van der Waals surface area contributed by atoms with E-state index in [1.54, 1.807) is 0 Å². The van der Waals surface area contributed by atoms with Crippen LogP contribution in [0, 0.1) is 0 Å². The molecule has 5 rings (SSSR count). The Labute approximate surface area is 201 Å². The van der Waals surface area contributed by atoms with Crippen molar-refractivity contribution >= 4 is 17.1 Å². The summed E-state index contributed by atoms with van der Waals surface area (Å²) in [4.78, 5) is 24.4. The minimum absolute atomic E-state index is 0.0356. The Balaban J connectivity index is 1.01. The van der Waals surface area contributed by atoms with Gasteiger partial charge in [-0.1, -0.05) is 42.5 Å². The van der Waals surface area contributed by atoms with Crippen molar-refractivity contribution in [3.8, 4) is 0 Å². The second kappa shape index (κ2) is 11.0. The minimum Gasteiger partial charge on any atom is -0.440 e. The molecule has 2 aromatic carbocycles. The summed E-state index contributed by atoms with van der Waals surface area (Å²) in [6, 6.07) is 18.6. The molecule has 3 heterocycles. The number of para-hydroxylation sites is 2. The molecule has 7 nitrogen and oxygen atoms in total. The van der Waals surface area contributed by atoms with Crippen molar-refractivity contribution in [3.63, 3.8) is 0 Å². The Morgan fingerprint density at radius 2 is 1.74 bits per heavy atom. The van der Waals surface area contributed by atoms with E-state index in [1.165, 1.54) is 5.56 Å². The summed E-state index contributed by atoms with van der Waals surface area (Å²) >= 11 is 0. The standard InChI is InChI=1S/C27H35N5O2/c33-27(32-15-6-10-23(21-32)26-29-24-11-4-5-12-25(24)34-26)28-13-7-14-30-16-18-31(19-17-30)20-22-8-2-1-3-9-22/h1-5,8-9,11-12,23H,6-7,10,13-21H2,(H,28,33). The molecule has 3 aromatic rings. The number of aromatic nitrogens is 1. The molecule has 1 N–H and O–H groups in total. The number of piperazine rings is 1. The molecule has 0 spiro atoms. The zero-order valence-electron chi connectivity index (χ0n) is 19.9. The van der Waals surface area contributed by atoms with Gasteiger partial charge in [0.25, 0.3) is 0 Å². The van der Waals surface area contributed by atoms with Gasteiger partial charge in [0.2, 0.25) is 0 Å². The van der Waals surface area contributed by atoms with E-state index >= 15 is 0 Å². The highest BCUT2D eigenvalue weighted by atomic mass is 16.3. The first kappa shape index (κ1) is 22.9. The summed E-state index contributed by atoms with van der Waals surface area (Å²) in [5, 5.41) is 3.13. The SMILES string of the molecule is O=C(NCCCN1CCN(Cc2ccccc2)CC1)N1CCCC(c2nc3ccccc3o2)C1. The predicted molar refractivity (Wildman–Crippen MR) is 134 cm³/mol. The van der Waals surface area contributed by atoms with Crippen LogP contribution in [0.3, 0.4) is 0 Å². The first-order valence-electron chi connectivity index (χ1n) is 12.6. The van der Waals surface area contributed by atoms with E-state index in [4.69, 9.17) is 4.42 Å². The lowest BCUT2D eigenvalue weighted by atomic mass is 9.98. The van der Waals surface area contributed by atoms with Gasteiger partial charge in [0.1, 0.15) is 5.52 Å². The molecule has 34 heavy (non-hydrogen) atoms. The first-order chi connectivity index (χ1) is 16.7. The third kappa shape index (κ3) is 5.77. The molecular weight excluding hydrogens is 426 g/mol. The van der Waals surface area contributed by atoms with E-state index in [1.807, 2.05) is 29.2 Å². The summed E-state index contributed by atoms with van der Waals surface area (Å²) < 4.78 is 5.96. The van der Waals surface area contributed by atoms with Crippen LogP contribution in [0.5, 0.6) is 0 Å². The van der Waals surface area contributed by atoms with Crippen molar-refractivity contribution in [3.05, 3.63) is 66.1 Å². The Morgan fingerprint density at radius 1 is 0.971 bits per heavy atom. The largest absolute Gasteiger partial charge is 0.440 e. The Kier molecular flexibility index (Phi) is 7.41. The molecular formula is C27H35N5O2. The van der Waals surface area contributed by atoms with Crippen LogP contribution in [0.25, 0.3) is 11.1 Å². The van der Waals surface area contributed by atoms with Gasteiger partial charge < -0.3 is 19.5 Å². The molecule has 1 unspecified atom stereocenters. The molecule has 0 bridgehead atoms. The normalized spacial score (nSPS) is 20.0. The number of urea groups is 1. The highest BCUT2D eigenvalue weighted by molar-refractivity contribution is 5.74. The number of benzene rings is 2. The fourth-order valence-corrected chi connectivity index (χ4v) is 5.05. The van der Waals surface area contributed by atoms with E-state index in [0.717, 1.165) is 82.1 Å². The quantitative estimate of drug-likeness (QED) is 0.540. The summed E-state index contributed by atoms with van der Waals surface area (Å²) in [5.74, 6) is 0.921. The van der Waals surface area contributed by atoms with Crippen molar-refractivity contribution in [1.82, 2.24) is 25.0 Å². The second-order valence-electron chi connectivity index (χ2n) is 9.49. The average Bonchev–Trinajstić information content (AvgIpc) is 3.33. The van der Waals surface area contributed by atoms with Crippen LogP contribution >= 0.6 is 0 Å². The molecule has 2 saturated heterocycles. The molecule has 7 heteroatoms. The van der Waals surface area contributed by atoms with Crippen molar-refractivity contribution in [1.29, 1.82) is 0 Å². The third-order valence-electron chi connectivity index (χ3n) is 7.01. The fraction of sp³-hybridized carbons (Fsp3) is 0.481. The van der Waals surface area contributed by atoms with Gasteiger partial charge in [-0.05, 0) is 43.5 Å². The van der Waals surface area contributed by atoms with Crippen LogP contribution in [0.2, 0.25) is 0 Å². The van der Waals surface area contributed by atoms with E-state index in [2.05, 4.69) is 50.4 Å². The fourth-order valence-electron chi connectivity index (χ4n) is 5.05. The molecule has 2 amide bonds.